The van der Waals surface area contributed by atoms with E-state index in [-0.39, 0.29) is 78.4 Å². The van der Waals surface area contributed by atoms with Crippen LogP contribution in [0.4, 0.5) is 17.6 Å². The van der Waals surface area contributed by atoms with E-state index in [2.05, 4.69) is 60.7 Å². The maximum Gasteiger partial charge on any atom is 0.417 e. The summed E-state index contributed by atoms with van der Waals surface area (Å²) in [5.41, 5.74) is 2.83. The number of benzene rings is 7. The van der Waals surface area contributed by atoms with Crippen LogP contribution in [0.1, 0.15) is 357 Å². The minimum Gasteiger partial charge on any atom is -0.389 e. The number of hydrogen-bond acceptors (Lipinski definition) is 16. The van der Waals surface area contributed by atoms with Gasteiger partial charge in [-0.15, -0.1) is 0 Å². The summed E-state index contributed by atoms with van der Waals surface area (Å²) >= 11 is 18.5. The molecule has 0 heterocycles. The molecule has 0 saturated carbocycles. The van der Waals surface area contributed by atoms with Crippen LogP contribution in [0, 0.1) is 19.7 Å². The molecule has 0 aromatic heterocycles. The number of aliphatic hydroxyl groups excluding tert-OH is 1. The van der Waals surface area contributed by atoms with Crippen molar-refractivity contribution in [2.24, 2.45) is 0 Å². The standard InChI is InChI=1S/C15H24ClNO3S.C15H24FNO3S.C14H20F3NO2S.C14H23NO2S.C13H20ClNO2S.C13H21NO2S.C12H18ClNO2S/c1-9(2)11-7-8-12(13(10(3)18)14(11)16)21(19,20)17-15(4,5)6;1-9(2)11-7-8-12(21(19,20)17-10(3)4)13(14(11)16)15(5,6)18;1-9(2)10-6-7-12(11(8-10)14(15,16)17)21(19,20)18-13(3,4)5;1-10(2)13-8-7-12(9-11(13)3)18(16,17)15-14(4,5)6;1-9(2)11-7-6-10(8-12(11)14)18(16,17)15-13(3,4)5;1-9(2)13-7-6-12(8-11(13)5)17(15,16)14-10(3)4;1-8(2)11-6-5-10(7-12(11)13)17(15,16)14-9(3)4/h2*7-10,17-18H,1-6H3;6-9,18H,1-5H3;7-10,15H,1-6H3;6-9,15H,1-5H3;6-10,14H,1-5H3;5-9,14H,1-4H3. The Hall–Kier alpha value is -5.58. The van der Waals surface area contributed by atoms with Crippen LogP contribution in [0.3, 0.4) is 0 Å². The summed E-state index contributed by atoms with van der Waals surface area (Å²) in [6.45, 7) is 67.1. The molecular weight excluding hydrogens is 1910 g/mol. The van der Waals surface area contributed by atoms with Crippen molar-refractivity contribution in [2.75, 3.05) is 0 Å². The molecule has 0 fully saturated rings. The first-order valence-corrected chi connectivity index (χ1v) is 55.3. The highest BCUT2D eigenvalue weighted by Gasteiger charge is 2.40. The Balaban J connectivity index is 0.000000777. The molecule has 133 heavy (non-hydrogen) atoms. The van der Waals surface area contributed by atoms with E-state index < -0.39 is 126 Å². The molecule has 0 aliphatic rings. The van der Waals surface area contributed by atoms with Gasteiger partial charge in [-0.25, -0.2) is 96.4 Å². The number of alkyl halides is 3. The van der Waals surface area contributed by atoms with Crippen LogP contribution in [0.2, 0.25) is 15.1 Å². The molecule has 0 spiro atoms. The fraction of sp³-hybridized carbons (Fsp3) is 0.562. The number of nitrogens with one attached hydrogen (secondary N) is 7. The van der Waals surface area contributed by atoms with Crippen LogP contribution in [0.15, 0.2) is 150 Å². The maximum absolute atomic E-state index is 14.7. The van der Waals surface area contributed by atoms with Gasteiger partial charge in [-0.2, -0.15) is 13.2 Å². The van der Waals surface area contributed by atoms with E-state index in [0.717, 1.165) is 39.9 Å². The summed E-state index contributed by atoms with van der Waals surface area (Å²) in [7, 11) is -25.7. The Morgan fingerprint density at radius 3 is 0.872 bits per heavy atom. The second kappa shape index (κ2) is 49.5. The molecule has 0 aliphatic heterocycles. The first-order valence-electron chi connectivity index (χ1n) is 43.8. The van der Waals surface area contributed by atoms with Gasteiger partial charge in [-0.1, -0.05) is 174 Å². The largest absolute Gasteiger partial charge is 0.417 e. The third kappa shape index (κ3) is 41.0. The Bertz CT molecular complexity index is 5730. The second-order valence-corrected chi connectivity index (χ2v) is 53.4. The molecule has 37 heteroatoms. The predicted octanol–water partition coefficient (Wildman–Crippen LogP) is 23.1. The smallest absolute Gasteiger partial charge is 0.389 e. The summed E-state index contributed by atoms with van der Waals surface area (Å²) in [4.78, 5) is 0.154. The van der Waals surface area contributed by atoms with Gasteiger partial charge in [-0.3, -0.25) is 0 Å². The Kier molecular flexibility index (Phi) is 46.7. The lowest BCUT2D eigenvalue weighted by molar-refractivity contribution is -0.140. The molecule has 23 nitrogen and oxygen atoms in total. The van der Waals surface area contributed by atoms with Gasteiger partial charge in [0.1, 0.15) is 5.82 Å². The Morgan fingerprint density at radius 2 is 0.586 bits per heavy atom. The Labute approximate surface area is 811 Å². The monoisotopic (exact) mass is 2060 g/mol. The number of halogens is 7. The average Bonchev–Trinajstić information content (AvgIpc) is 0.769. The van der Waals surface area contributed by atoms with Crippen molar-refractivity contribution in [3.05, 3.63) is 203 Å². The van der Waals surface area contributed by atoms with Crippen LogP contribution in [0.5, 0.6) is 0 Å². The first kappa shape index (κ1) is 125. The van der Waals surface area contributed by atoms with Crippen molar-refractivity contribution >= 4 is 105 Å². The van der Waals surface area contributed by atoms with Gasteiger partial charge < -0.3 is 10.2 Å². The van der Waals surface area contributed by atoms with Gasteiger partial charge in [0.05, 0.1) is 56.6 Å². The normalized spacial score (nSPS) is 13.3. The van der Waals surface area contributed by atoms with Crippen LogP contribution in [-0.4, -0.2) is 109 Å². The molecule has 7 aromatic rings. The lowest BCUT2D eigenvalue weighted by Gasteiger charge is -2.25. The SMILES string of the molecule is CC(C)NS(=O)(=O)c1ccc(C(C)C)c(Cl)c1.CC(C)NS(=O)(=O)c1ccc(C(C)C)c(F)c1C(C)(C)O.CC(C)c1ccc(S(=O)(=O)NC(C)(C)C)c(C(C)O)c1Cl.CC(C)c1ccc(S(=O)(=O)NC(C)(C)C)c(C(F)(F)F)c1.CC(C)c1ccc(S(=O)(=O)NC(C)(C)C)cc1Cl.Cc1cc(S(=O)(=O)NC(C)(C)C)ccc1C(C)C.Cc1cc(S(=O)(=O)NC(C)C)ccc1C(C)C. The fourth-order valence-electron chi connectivity index (χ4n) is 13.0. The highest BCUT2D eigenvalue weighted by atomic mass is 35.5. The van der Waals surface area contributed by atoms with E-state index in [1.165, 1.54) is 68.3 Å². The molecular formula is C96H150Cl3F4N7O16S7. The minimum atomic E-state index is -4.73. The minimum absolute atomic E-state index is 0.0295. The number of aryl methyl sites for hydroxylation is 2. The molecule has 0 bridgehead atoms. The van der Waals surface area contributed by atoms with Crippen molar-refractivity contribution < 1.29 is 86.7 Å². The van der Waals surface area contributed by atoms with Gasteiger partial charge >= 0.3 is 6.18 Å². The predicted molar refractivity (Wildman–Crippen MR) is 536 cm³/mol. The molecule has 0 saturated heterocycles. The topological polar surface area (TPSA) is 364 Å². The summed E-state index contributed by atoms with van der Waals surface area (Å²) in [5.74, 6) is 0.593. The second-order valence-electron chi connectivity index (χ2n) is 40.4. The summed E-state index contributed by atoms with van der Waals surface area (Å²) in [6, 6.07) is 29.2. The summed E-state index contributed by atoms with van der Waals surface area (Å²) in [5, 5.41) is 21.5. The molecule has 7 aromatic carbocycles. The van der Waals surface area contributed by atoms with Gasteiger partial charge in [0, 0.05) is 61.5 Å². The molecule has 1 unspecified atom stereocenters. The van der Waals surface area contributed by atoms with E-state index in [4.69, 9.17) is 34.8 Å². The van der Waals surface area contributed by atoms with Crippen molar-refractivity contribution in [3.63, 3.8) is 0 Å². The number of sulfonamides is 7. The van der Waals surface area contributed by atoms with Crippen LogP contribution < -0.4 is 33.1 Å². The summed E-state index contributed by atoms with van der Waals surface area (Å²) < 4.78 is 242. The fourth-order valence-corrected chi connectivity index (χ4v) is 25.1. The van der Waals surface area contributed by atoms with E-state index in [1.54, 1.807) is 158 Å². The first-order chi connectivity index (χ1) is 59.5. The van der Waals surface area contributed by atoms with Crippen LogP contribution in [-0.2, 0) is 81.9 Å². The zero-order valence-corrected chi connectivity index (χ0v) is 92.4. The third-order valence-electron chi connectivity index (χ3n) is 18.5. The van der Waals surface area contributed by atoms with E-state index in [9.17, 15) is 86.7 Å². The molecule has 7 rings (SSSR count). The molecule has 0 amide bonds. The van der Waals surface area contributed by atoms with Crippen molar-refractivity contribution in [3.8, 4) is 0 Å². The molecule has 756 valence electrons. The van der Waals surface area contributed by atoms with Gasteiger partial charge in [0.25, 0.3) is 0 Å². The van der Waals surface area contributed by atoms with Crippen molar-refractivity contribution in [1.29, 1.82) is 0 Å². The van der Waals surface area contributed by atoms with E-state index in [1.807, 2.05) is 116 Å². The number of rotatable bonds is 26. The quantitative estimate of drug-likeness (QED) is 0.0227. The molecule has 0 radical (unpaired) electrons. The van der Waals surface area contributed by atoms with Crippen LogP contribution >= 0.6 is 34.8 Å². The average molecular weight is 2070 g/mol. The van der Waals surface area contributed by atoms with Gasteiger partial charge in [-0.05, 0) is 324 Å². The third-order valence-corrected chi connectivity index (χ3v) is 31.7. The molecule has 9 N–H and O–H groups in total. The zero-order chi connectivity index (χ0) is 105. The van der Waals surface area contributed by atoms with E-state index in [0.29, 0.717) is 47.8 Å². The van der Waals surface area contributed by atoms with Gasteiger partial charge in [0.2, 0.25) is 70.2 Å². The lowest BCUT2D eigenvalue weighted by Crippen LogP contribution is -2.41. The van der Waals surface area contributed by atoms with E-state index >= 15 is 0 Å². The maximum atomic E-state index is 14.7. The number of aliphatic hydroxyl groups is 2. The summed E-state index contributed by atoms with van der Waals surface area (Å²) in [6.07, 6.45) is -5.70. The van der Waals surface area contributed by atoms with Crippen LogP contribution in [0.25, 0.3) is 0 Å². The molecule has 0 aliphatic carbocycles. The highest BCUT2D eigenvalue weighted by Crippen LogP contribution is 2.40. The highest BCUT2D eigenvalue weighted by molar-refractivity contribution is 7.91. The lowest BCUT2D eigenvalue weighted by atomic mass is 9.92. The number of hydrogen-bond donors (Lipinski definition) is 9. The Morgan fingerprint density at radius 1 is 0.316 bits per heavy atom. The van der Waals surface area contributed by atoms with Crippen molar-refractivity contribution in [1.82, 2.24) is 33.1 Å². The zero-order valence-electron chi connectivity index (χ0n) is 84.4. The van der Waals surface area contributed by atoms with Gasteiger partial charge in [0.15, 0.2) is 0 Å². The molecule has 1 atom stereocenters. The van der Waals surface area contributed by atoms with Crippen molar-refractivity contribution in [2.45, 2.75) is 390 Å².